The van der Waals surface area contributed by atoms with Gasteiger partial charge in [0.2, 0.25) is 0 Å². The number of aromatic amines is 1. The Hall–Kier alpha value is -1.89. The van der Waals surface area contributed by atoms with Crippen LogP contribution in [0, 0.1) is 6.92 Å². The number of furan rings is 1. The highest BCUT2D eigenvalue weighted by atomic mass is 32.1. The molecule has 3 aromatic rings. The van der Waals surface area contributed by atoms with E-state index in [1.165, 1.54) is 4.88 Å². The number of hydrogen-bond donors (Lipinski definition) is 2. The van der Waals surface area contributed by atoms with Gasteiger partial charge in [0.15, 0.2) is 5.76 Å². The number of H-pyrrole nitrogens is 1. The topological polar surface area (TPSA) is 57.1 Å². The van der Waals surface area contributed by atoms with Gasteiger partial charge in [-0.1, -0.05) is 6.07 Å². The van der Waals surface area contributed by atoms with Crippen LogP contribution >= 0.6 is 11.3 Å². The maximum Gasteiger partial charge on any atom is 0.152 e. The molecule has 0 aromatic carbocycles. The smallest absolute Gasteiger partial charge is 0.152 e. The van der Waals surface area contributed by atoms with Crippen LogP contribution in [0.2, 0.25) is 0 Å². The van der Waals surface area contributed by atoms with Crippen molar-refractivity contribution < 1.29 is 4.42 Å². The summed E-state index contributed by atoms with van der Waals surface area (Å²) < 4.78 is 5.69. The van der Waals surface area contributed by atoms with Crippen LogP contribution in [-0.2, 0) is 6.54 Å². The lowest BCUT2D eigenvalue weighted by molar-refractivity contribution is 0.292. The lowest BCUT2D eigenvalue weighted by atomic mass is 10.2. The summed E-state index contributed by atoms with van der Waals surface area (Å²) in [5.74, 6) is 1.73. The van der Waals surface area contributed by atoms with E-state index in [1.807, 2.05) is 25.3 Å². The SMILES string of the molecule is Cc1ccc(-c2[nH]ncc2CNC[C@H](c2cccs2)N(C)C)o1. The fourth-order valence-electron chi connectivity index (χ4n) is 2.59. The molecule has 0 aliphatic heterocycles. The Kier molecular flexibility index (Phi) is 4.95. The largest absolute Gasteiger partial charge is 0.460 e. The molecule has 3 rings (SSSR count). The molecule has 0 fully saturated rings. The minimum atomic E-state index is 0.371. The average Bonchev–Trinajstić information content (AvgIpc) is 3.24. The van der Waals surface area contributed by atoms with Gasteiger partial charge in [-0.25, -0.2) is 0 Å². The van der Waals surface area contributed by atoms with Gasteiger partial charge in [0.25, 0.3) is 0 Å². The Morgan fingerprint density at radius 1 is 1.35 bits per heavy atom. The van der Waals surface area contributed by atoms with Crippen LogP contribution in [-0.4, -0.2) is 35.7 Å². The predicted molar refractivity (Wildman–Crippen MR) is 93.5 cm³/mol. The highest BCUT2D eigenvalue weighted by Gasteiger charge is 2.16. The third-order valence-electron chi connectivity index (χ3n) is 3.85. The zero-order chi connectivity index (χ0) is 16.2. The van der Waals surface area contributed by atoms with E-state index < -0.39 is 0 Å². The molecule has 23 heavy (non-hydrogen) atoms. The number of nitrogens with one attached hydrogen (secondary N) is 2. The second kappa shape index (κ2) is 7.12. The summed E-state index contributed by atoms with van der Waals surface area (Å²) in [4.78, 5) is 3.61. The maximum absolute atomic E-state index is 5.69. The molecule has 0 saturated heterocycles. The lowest BCUT2D eigenvalue weighted by Gasteiger charge is -2.23. The van der Waals surface area contributed by atoms with Gasteiger partial charge in [-0.3, -0.25) is 5.10 Å². The number of aromatic nitrogens is 2. The van der Waals surface area contributed by atoms with Crippen LogP contribution in [0.25, 0.3) is 11.5 Å². The highest BCUT2D eigenvalue weighted by Crippen LogP contribution is 2.24. The molecule has 2 N–H and O–H groups in total. The summed E-state index contributed by atoms with van der Waals surface area (Å²) >= 11 is 1.79. The molecule has 0 aliphatic carbocycles. The first-order valence-corrected chi connectivity index (χ1v) is 8.52. The van der Waals surface area contributed by atoms with E-state index in [-0.39, 0.29) is 0 Å². The number of rotatable bonds is 7. The summed E-state index contributed by atoms with van der Waals surface area (Å²) in [5.41, 5.74) is 2.06. The Balaban J connectivity index is 1.64. The van der Waals surface area contributed by atoms with Crippen LogP contribution in [0.4, 0.5) is 0 Å². The van der Waals surface area contributed by atoms with E-state index in [1.54, 1.807) is 11.3 Å². The van der Waals surface area contributed by atoms with Crippen molar-refractivity contribution in [1.29, 1.82) is 0 Å². The van der Waals surface area contributed by atoms with Gasteiger partial charge in [0.1, 0.15) is 11.5 Å². The first-order valence-electron chi connectivity index (χ1n) is 7.64. The molecule has 3 heterocycles. The molecular weight excluding hydrogens is 308 g/mol. The summed E-state index contributed by atoms with van der Waals surface area (Å²) in [7, 11) is 4.22. The normalized spacial score (nSPS) is 12.9. The molecule has 6 heteroatoms. The molecule has 0 spiro atoms. The van der Waals surface area contributed by atoms with Gasteiger partial charge in [-0.2, -0.15) is 5.10 Å². The number of aryl methyl sites for hydroxylation is 1. The zero-order valence-corrected chi connectivity index (χ0v) is 14.5. The summed E-state index contributed by atoms with van der Waals surface area (Å²) in [6.45, 7) is 3.58. The molecule has 0 unspecified atom stereocenters. The Bertz CT molecular complexity index is 729. The third-order valence-corrected chi connectivity index (χ3v) is 4.83. The molecule has 0 amide bonds. The summed E-state index contributed by atoms with van der Waals surface area (Å²) in [5, 5.41) is 12.9. The standard InChI is InChI=1S/C17H22N4OS/c1-12-6-7-15(22-12)17-13(10-19-20-17)9-18-11-14(21(2)3)16-5-4-8-23-16/h4-8,10,14,18H,9,11H2,1-3H3,(H,19,20)/t14-/m1/s1. The van der Waals surface area contributed by atoms with Gasteiger partial charge in [0.05, 0.1) is 12.2 Å². The Labute approximate surface area is 140 Å². The quantitative estimate of drug-likeness (QED) is 0.697. The van der Waals surface area contributed by atoms with Crippen molar-refractivity contribution >= 4 is 11.3 Å². The maximum atomic E-state index is 5.69. The van der Waals surface area contributed by atoms with Gasteiger partial charge in [-0.15, -0.1) is 11.3 Å². The van der Waals surface area contributed by atoms with E-state index >= 15 is 0 Å². The molecule has 0 radical (unpaired) electrons. The number of thiophene rings is 1. The Morgan fingerprint density at radius 3 is 2.87 bits per heavy atom. The van der Waals surface area contributed by atoms with E-state index in [0.29, 0.717) is 6.04 Å². The number of nitrogens with zero attached hydrogens (tertiary/aromatic N) is 2. The number of hydrogen-bond acceptors (Lipinski definition) is 5. The van der Waals surface area contributed by atoms with Crippen molar-refractivity contribution in [3.63, 3.8) is 0 Å². The molecular formula is C17H22N4OS. The first kappa shape index (κ1) is 16.0. The third kappa shape index (κ3) is 3.72. The molecule has 5 nitrogen and oxygen atoms in total. The predicted octanol–water partition coefficient (Wildman–Crippen LogP) is 3.43. The van der Waals surface area contributed by atoms with Crippen molar-refractivity contribution in [2.75, 3.05) is 20.6 Å². The fourth-order valence-corrected chi connectivity index (χ4v) is 3.51. The first-order chi connectivity index (χ1) is 11.1. The monoisotopic (exact) mass is 330 g/mol. The number of likely N-dealkylation sites (N-methyl/N-ethyl adjacent to an activating group) is 1. The van der Waals surface area contributed by atoms with E-state index in [0.717, 1.165) is 35.9 Å². The second-order valence-electron chi connectivity index (χ2n) is 5.81. The van der Waals surface area contributed by atoms with Crippen LogP contribution in [0.15, 0.2) is 40.3 Å². The van der Waals surface area contributed by atoms with E-state index in [4.69, 9.17) is 4.42 Å². The van der Waals surface area contributed by atoms with Crippen molar-refractivity contribution in [2.45, 2.75) is 19.5 Å². The van der Waals surface area contributed by atoms with Gasteiger partial charge in [-0.05, 0) is 44.6 Å². The van der Waals surface area contributed by atoms with Gasteiger partial charge in [0, 0.05) is 23.5 Å². The zero-order valence-electron chi connectivity index (χ0n) is 13.7. The van der Waals surface area contributed by atoms with Gasteiger partial charge >= 0.3 is 0 Å². The molecule has 0 aliphatic rings. The lowest BCUT2D eigenvalue weighted by Crippen LogP contribution is -2.30. The van der Waals surface area contributed by atoms with Crippen LogP contribution < -0.4 is 5.32 Å². The van der Waals surface area contributed by atoms with Gasteiger partial charge < -0.3 is 14.6 Å². The summed E-state index contributed by atoms with van der Waals surface area (Å²) in [6.07, 6.45) is 1.86. The van der Waals surface area contributed by atoms with Crippen LogP contribution in [0.3, 0.4) is 0 Å². The fraction of sp³-hybridized carbons (Fsp3) is 0.353. The van der Waals surface area contributed by atoms with Crippen LogP contribution in [0.1, 0.15) is 22.2 Å². The Morgan fingerprint density at radius 2 is 2.22 bits per heavy atom. The second-order valence-corrected chi connectivity index (χ2v) is 6.79. The van der Waals surface area contributed by atoms with E-state index in [2.05, 4.69) is 52.0 Å². The molecule has 122 valence electrons. The average molecular weight is 330 g/mol. The van der Waals surface area contributed by atoms with Crippen molar-refractivity contribution in [3.05, 3.63) is 52.0 Å². The molecule has 1 atom stereocenters. The van der Waals surface area contributed by atoms with Crippen LogP contribution in [0.5, 0.6) is 0 Å². The minimum absolute atomic E-state index is 0.371. The molecule has 0 bridgehead atoms. The van der Waals surface area contributed by atoms with Crippen molar-refractivity contribution in [2.24, 2.45) is 0 Å². The van der Waals surface area contributed by atoms with Crippen molar-refractivity contribution in [3.8, 4) is 11.5 Å². The summed E-state index contributed by atoms with van der Waals surface area (Å²) in [6, 6.07) is 8.60. The van der Waals surface area contributed by atoms with E-state index in [9.17, 15) is 0 Å². The molecule has 0 saturated carbocycles. The highest BCUT2D eigenvalue weighted by molar-refractivity contribution is 7.10. The minimum Gasteiger partial charge on any atom is -0.460 e. The van der Waals surface area contributed by atoms with Crippen molar-refractivity contribution in [1.82, 2.24) is 20.4 Å². The molecule has 3 aromatic heterocycles.